The van der Waals surface area contributed by atoms with Crippen molar-refractivity contribution < 1.29 is 9.53 Å². The minimum absolute atomic E-state index is 0.211. The average Bonchev–Trinajstić information content (AvgIpc) is 2.69. The molecule has 18 heavy (non-hydrogen) atoms. The lowest BCUT2D eigenvalue weighted by Gasteiger charge is -2.04. The lowest BCUT2D eigenvalue weighted by molar-refractivity contribution is -0.143. The molecule has 0 saturated heterocycles. The van der Waals surface area contributed by atoms with Gasteiger partial charge in [0.15, 0.2) is 0 Å². The maximum atomic E-state index is 11.6. The second kappa shape index (κ2) is 5.69. The highest BCUT2D eigenvalue weighted by Crippen LogP contribution is 2.21. The maximum absolute atomic E-state index is 11.6. The summed E-state index contributed by atoms with van der Waals surface area (Å²) in [5.74, 6) is -0.211. The van der Waals surface area contributed by atoms with E-state index in [0.717, 1.165) is 17.3 Å². The first-order valence-corrected chi connectivity index (χ1v) is 6.18. The Morgan fingerprint density at radius 3 is 2.89 bits per heavy atom. The SMILES string of the molecule is CCOC(=O)Cn1cc(CCN)c2ccccc21. The monoisotopic (exact) mass is 246 g/mol. The highest BCUT2D eigenvalue weighted by Gasteiger charge is 2.10. The van der Waals surface area contributed by atoms with Crippen LogP contribution in [0.5, 0.6) is 0 Å². The molecule has 0 saturated carbocycles. The van der Waals surface area contributed by atoms with Gasteiger partial charge in [0.1, 0.15) is 6.54 Å². The minimum Gasteiger partial charge on any atom is -0.465 e. The van der Waals surface area contributed by atoms with Crippen LogP contribution in [-0.2, 0) is 22.5 Å². The van der Waals surface area contributed by atoms with Crippen molar-refractivity contribution in [3.8, 4) is 0 Å². The van der Waals surface area contributed by atoms with Crippen LogP contribution in [0.3, 0.4) is 0 Å². The number of esters is 1. The second-order valence-electron chi connectivity index (χ2n) is 4.14. The first kappa shape index (κ1) is 12.6. The summed E-state index contributed by atoms with van der Waals surface area (Å²) in [6.07, 6.45) is 2.81. The van der Waals surface area contributed by atoms with E-state index in [1.165, 1.54) is 5.56 Å². The van der Waals surface area contributed by atoms with Gasteiger partial charge in [-0.15, -0.1) is 0 Å². The summed E-state index contributed by atoms with van der Waals surface area (Å²) in [7, 11) is 0. The van der Waals surface area contributed by atoms with Crippen molar-refractivity contribution in [2.45, 2.75) is 19.9 Å². The van der Waals surface area contributed by atoms with E-state index in [-0.39, 0.29) is 12.5 Å². The van der Waals surface area contributed by atoms with E-state index in [9.17, 15) is 4.79 Å². The van der Waals surface area contributed by atoms with Gasteiger partial charge in [-0.3, -0.25) is 4.79 Å². The van der Waals surface area contributed by atoms with Crippen LogP contribution < -0.4 is 5.73 Å². The largest absolute Gasteiger partial charge is 0.465 e. The molecule has 0 atom stereocenters. The summed E-state index contributed by atoms with van der Waals surface area (Å²) < 4.78 is 6.91. The molecule has 0 aliphatic rings. The van der Waals surface area contributed by atoms with Gasteiger partial charge >= 0.3 is 5.97 Å². The topological polar surface area (TPSA) is 57.2 Å². The molecule has 1 aromatic heterocycles. The Labute approximate surface area is 106 Å². The Kier molecular flexibility index (Phi) is 3.99. The number of carbonyl (C=O) groups excluding carboxylic acids is 1. The molecule has 0 aliphatic carbocycles. The molecule has 0 spiro atoms. The summed E-state index contributed by atoms with van der Waals surface area (Å²) in [6, 6.07) is 8.03. The first-order chi connectivity index (χ1) is 8.76. The smallest absolute Gasteiger partial charge is 0.325 e. The molecular formula is C14H18N2O2. The number of aromatic nitrogens is 1. The Bertz CT molecular complexity index is 546. The fourth-order valence-electron chi connectivity index (χ4n) is 2.15. The van der Waals surface area contributed by atoms with E-state index in [0.29, 0.717) is 13.2 Å². The van der Waals surface area contributed by atoms with Crippen molar-refractivity contribution in [3.63, 3.8) is 0 Å². The molecule has 0 amide bonds. The van der Waals surface area contributed by atoms with E-state index < -0.39 is 0 Å². The van der Waals surface area contributed by atoms with E-state index in [1.54, 1.807) is 0 Å². The number of benzene rings is 1. The van der Waals surface area contributed by atoms with E-state index in [1.807, 2.05) is 35.9 Å². The number of hydrogen-bond acceptors (Lipinski definition) is 3. The fourth-order valence-corrected chi connectivity index (χ4v) is 2.15. The Morgan fingerprint density at radius 1 is 1.39 bits per heavy atom. The molecule has 2 rings (SSSR count). The normalized spacial score (nSPS) is 10.8. The summed E-state index contributed by atoms with van der Waals surface area (Å²) in [6.45, 7) is 3.07. The fraction of sp³-hybridized carbons (Fsp3) is 0.357. The minimum atomic E-state index is -0.211. The highest BCUT2D eigenvalue weighted by molar-refractivity contribution is 5.85. The van der Waals surface area contributed by atoms with Crippen LogP contribution in [0.15, 0.2) is 30.5 Å². The molecule has 2 N–H and O–H groups in total. The lowest BCUT2D eigenvalue weighted by atomic mass is 10.1. The molecule has 0 aliphatic heterocycles. The van der Waals surface area contributed by atoms with Crippen LogP contribution in [0.2, 0.25) is 0 Å². The maximum Gasteiger partial charge on any atom is 0.325 e. The third-order valence-corrected chi connectivity index (χ3v) is 2.89. The quantitative estimate of drug-likeness (QED) is 0.817. The van der Waals surface area contributed by atoms with Crippen molar-refractivity contribution in [1.82, 2.24) is 4.57 Å². The van der Waals surface area contributed by atoms with Gasteiger partial charge in [-0.05, 0) is 31.5 Å². The van der Waals surface area contributed by atoms with Gasteiger partial charge in [-0.2, -0.15) is 0 Å². The average molecular weight is 246 g/mol. The molecule has 4 heteroatoms. The third kappa shape index (κ3) is 2.54. The van der Waals surface area contributed by atoms with Crippen LogP contribution in [0.1, 0.15) is 12.5 Å². The van der Waals surface area contributed by atoms with Gasteiger partial charge in [0.05, 0.1) is 6.61 Å². The predicted molar refractivity (Wildman–Crippen MR) is 71.3 cm³/mol. The molecule has 1 heterocycles. The molecule has 0 unspecified atom stereocenters. The Morgan fingerprint density at radius 2 is 2.17 bits per heavy atom. The second-order valence-corrected chi connectivity index (χ2v) is 4.14. The summed E-state index contributed by atoms with van der Waals surface area (Å²) in [5, 5.41) is 1.16. The number of para-hydroxylation sites is 1. The number of carbonyl (C=O) groups is 1. The summed E-state index contributed by atoms with van der Waals surface area (Å²) >= 11 is 0. The van der Waals surface area contributed by atoms with Crippen LogP contribution >= 0.6 is 0 Å². The molecule has 2 aromatic rings. The number of nitrogens with zero attached hydrogens (tertiary/aromatic N) is 1. The number of fused-ring (bicyclic) bond motifs is 1. The third-order valence-electron chi connectivity index (χ3n) is 2.89. The lowest BCUT2D eigenvalue weighted by Crippen LogP contribution is -2.12. The van der Waals surface area contributed by atoms with E-state index in [4.69, 9.17) is 10.5 Å². The zero-order chi connectivity index (χ0) is 13.0. The Hall–Kier alpha value is -1.81. The van der Waals surface area contributed by atoms with Crippen molar-refractivity contribution in [2.24, 2.45) is 5.73 Å². The molecule has 0 bridgehead atoms. The molecule has 0 radical (unpaired) electrons. The van der Waals surface area contributed by atoms with Crippen LogP contribution in [0.25, 0.3) is 10.9 Å². The Balaban J connectivity index is 2.35. The van der Waals surface area contributed by atoms with Gasteiger partial charge in [0.25, 0.3) is 0 Å². The van der Waals surface area contributed by atoms with E-state index in [2.05, 4.69) is 6.07 Å². The number of rotatable bonds is 5. The van der Waals surface area contributed by atoms with Gasteiger partial charge < -0.3 is 15.0 Å². The van der Waals surface area contributed by atoms with Gasteiger partial charge in [-0.1, -0.05) is 18.2 Å². The van der Waals surface area contributed by atoms with Crippen molar-refractivity contribution in [1.29, 1.82) is 0 Å². The van der Waals surface area contributed by atoms with Crippen molar-refractivity contribution in [2.75, 3.05) is 13.2 Å². The molecular weight excluding hydrogens is 228 g/mol. The molecule has 1 aromatic carbocycles. The van der Waals surface area contributed by atoms with Crippen molar-refractivity contribution >= 4 is 16.9 Å². The van der Waals surface area contributed by atoms with Gasteiger partial charge in [0.2, 0.25) is 0 Å². The summed E-state index contributed by atoms with van der Waals surface area (Å²) in [4.78, 5) is 11.6. The highest BCUT2D eigenvalue weighted by atomic mass is 16.5. The van der Waals surface area contributed by atoms with E-state index >= 15 is 0 Å². The van der Waals surface area contributed by atoms with Crippen LogP contribution in [0, 0.1) is 0 Å². The molecule has 4 nitrogen and oxygen atoms in total. The zero-order valence-electron chi connectivity index (χ0n) is 10.6. The number of hydrogen-bond donors (Lipinski definition) is 1. The van der Waals surface area contributed by atoms with Crippen LogP contribution in [-0.4, -0.2) is 23.7 Å². The standard InChI is InChI=1S/C14H18N2O2/c1-2-18-14(17)10-16-9-11(7-8-15)12-5-3-4-6-13(12)16/h3-6,9H,2,7-8,10,15H2,1H3. The van der Waals surface area contributed by atoms with Gasteiger partial charge in [-0.25, -0.2) is 0 Å². The predicted octanol–water partition coefficient (Wildman–Crippen LogP) is 1.71. The number of ether oxygens (including phenoxy) is 1. The first-order valence-electron chi connectivity index (χ1n) is 6.18. The van der Waals surface area contributed by atoms with Crippen molar-refractivity contribution in [3.05, 3.63) is 36.0 Å². The zero-order valence-corrected chi connectivity index (χ0v) is 10.6. The van der Waals surface area contributed by atoms with Crippen LogP contribution in [0.4, 0.5) is 0 Å². The molecule has 0 fully saturated rings. The number of nitrogens with two attached hydrogens (primary N) is 1. The molecule has 96 valence electrons. The van der Waals surface area contributed by atoms with Gasteiger partial charge in [0, 0.05) is 17.1 Å². The summed E-state index contributed by atoms with van der Waals surface area (Å²) in [5.41, 5.74) is 7.84.